The van der Waals surface area contributed by atoms with Gasteiger partial charge in [-0.3, -0.25) is 9.79 Å². The highest BCUT2D eigenvalue weighted by atomic mass is 127. The van der Waals surface area contributed by atoms with Crippen LogP contribution in [0.5, 0.6) is 0 Å². The lowest BCUT2D eigenvalue weighted by Gasteiger charge is -2.16. The van der Waals surface area contributed by atoms with E-state index in [-0.39, 0.29) is 29.9 Å². The maximum atomic E-state index is 11.8. The molecule has 29 heavy (non-hydrogen) atoms. The second-order valence-corrected chi connectivity index (χ2v) is 7.04. The fourth-order valence-corrected chi connectivity index (χ4v) is 3.38. The molecule has 1 amide bonds. The Kier molecular flexibility index (Phi) is 9.43. The van der Waals surface area contributed by atoms with E-state index in [4.69, 9.17) is 0 Å². The Balaban J connectivity index is 0.00000300. The molecule has 2 N–H and O–H groups in total. The van der Waals surface area contributed by atoms with Crippen molar-refractivity contribution in [3.8, 4) is 0 Å². The summed E-state index contributed by atoms with van der Waals surface area (Å²) in [6.07, 6.45) is 7.64. The summed E-state index contributed by atoms with van der Waals surface area (Å²) in [6, 6.07) is 8.17. The van der Waals surface area contributed by atoms with Gasteiger partial charge in [0.15, 0.2) is 5.96 Å². The van der Waals surface area contributed by atoms with Gasteiger partial charge in [0.05, 0.1) is 0 Å². The molecule has 158 valence electrons. The molecule has 2 heterocycles. The van der Waals surface area contributed by atoms with E-state index in [9.17, 15) is 4.79 Å². The number of aliphatic imine (C=N–C) groups is 1. The molecule has 2 aromatic rings. The van der Waals surface area contributed by atoms with Crippen molar-refractivity contribution in [3.05, 3.63) is 48.0 Å². The van der Waals surface area contributed by atoms with Crippen molar-refractivity contribution in [1.82, 2.24) is 20.2 Å². The number of rotatable bonds is 8. The van der Waals surface area contributed by atoms with E-state index in [1.165, 1.54) is 0 Å². The highest BCUT2D eigenvalue weighted by molar-refractivity contribution is 14.0. The average molecular weight is 510 g/mol. The number of unbranched alkanes of at least 4 members (excludes halogenated alkanes) is 1. The van der Waals surface area contributed by atoms with Crippen LogP contribution in [-0.2, 0) is 17.9 Å². The summed E-state index contributed by atoms with van der Waals surface area (Å²) in [6.45, 7) is 5.42. The van der Waals surface area contributed by atoms with Gasteiger partial charge in [-0.05, 0) is 43.9 Å². The van der Waals surface area contributed by atoms with Crippen molar-refractivity contribution in [2.24, 2.45) is 4.99 Å². The number of halogens is 1. The molecular weight excluding hydrogens is 479 g/mol. The van der Waals surface area contributed by atoms with Crippen molar-refractivity contribution in [3.63, 3.8) is 0 Å². The molecule has 0 unspecified atom stereocenters. The highest BCUT2D eigenvalue weighted by Gasteiger charge is 2.21. The number of aromatic nitrogens is 2. The van der Waals surface area contributed by atoms with E-state index in [1.807, 2.05) is 36.4 Å². The van der Waals surface area contributed by atoms with Crippen LogP contribution in [0.4, 0.5) is 5.69 Å². The normalized spacial score (nSPS) is 14.1. The molecule has 1 aromatic carbocycles. The fraction of sp³-hybridized carbons (Fsp3) is 0.476. The Morgan fingerprint density at radius 3 is 2.62 bits per heavy atom. The number of hydrogen-bond acceptors (Lipinski definition) is 3. The zero-order chi connectivity index (χ0) is 19.8. The molecule has 7 nitrogen and oxygen atoms in total. The number of imidazole rings is 1. The van der Waals surface area contributed by atoms with Crippen LogP contribution in [0.15, 0.2) is 41.7 Å². The SMILES string of the molecule is CN=C(NCCCCn1ccnc1C)NCc1ccc(N2CCCC2=O)cc1.I. The molecule has 1 saturated heterocycles. The minimum absolute atomic E-state index is 0. The van der Waals surface area contributed by atoms with Crippen molar-refractivity contribution in [2.75, 3.05) is 25.0 Å². The van der Waals surface area contributed by atoms with Gasteiger partial charge in [-0.1, -0.05) is 12.1 Å². The number of benzene rings is 1. The summed E-state index contributed by atoms with van der Waals surface area (Å²) in [4.78, 5) is 22.2. The van der Waals surface area contributed by atoms with E-state index in [0.717, 1.165) is 61.9 Å². The van der Waals surface area contributed by atoms with E-state index in [2.05, 4.69) is 37.3 Å². The van der Waals surface area contributed by atoms with Crippen LogP contribution >= 0.6 is 24.0 Å². The van der Waals surface area contributed by atoms with Gasteiger partial charge in [0.1, 0.15) is 5.82 Å². The smallest absolute Gasteiger partial charge is 0.227 e. The van der Waals surface area contributed by atoms with Gasteiger partial charge in [0.25, 0.3) is 0 Å². The Labute approximate surface area is 190 Å². The number of anilines is 1. The maximum absolute atomic E-state index is 11.8. The third kappa shape index (κ3) is 6.73. The number of aryl methyl sites for hydroxylation is 2. The summed E-state index contributed by atoms with van der Waals surface area (Å²) in [7, 11) is 1.78. The van der Waals surface area contributed by atoms with Crippen LogP contribution in [0.25, 0.3) is 0 Å². The highest BCUT2D eigenvalue weighted by Crippen LogP contribution is 2.21. The number of guanidine groups is 1. The van der Waals surface area contributed by atoms with Crippen LogP contribution in [-0.4, -0.2) is 41.6 Å². The van der Waals surface area contributed by atoms with E-state index in [0.29, 0.717) is 13.0 Å². The molecule has 0 saturated carbocycles. The number of nitrogens with one attached hydrogen (secondary N) is 2. The second kappa shape index (κ2) is 11.8. The average Bonchev–Trinajstić information content (AvgIpc) is 3.32. The zero-order valence-corrected chi connectivity index (χ0v) is 19.6. The summed E-state index contributed by atoms with van der Waals surface area (Å²) in [5.74, 6) is 2.09. The molecular formula is C21H31IN6O. The number of amides is 1. The molecule has 0 atom stereocenters. The van der Waals surface area contributed by atoms with Crippen molar-refractivity contribution < 1.29 is 4.79 Å². The lowest BCUT2D eigenvalue weighted by atomic mass is 10.2. The minimum atomic E-state index is 0. The Morgan fingerprint density at radius 1 is 1.21 bits per heavy atom. The molecule has 3 rings (SSSR count). The van der Waals surface area contributed by atoms with Gasteiger partial charge in [-0.25, -0.2) is 4.98 Å². The predicted octanol–water partition coefficient (Wildman–Crippen LogP) is 3.08. The van der Waals surface area contributed by atoms with Gasteiger partial charge in [-0.2, -0.15) is 0 Å². The number of carbonyl (C=O) groups is 1. The standard InChI is InChI=1S/C21H30N6O.HI/c1-17-23-12-15-26(17)13-4-3-11-24-21(22-2)25-16-18-7-9-19(10-8-18)27-14-5-6-20(27)28;/h7-10,12,15H,3-6,11,13-14,16H2,1-2H3,(H2,22,24,25);1H. The van der Waals surface area contributed by atoms with Crippen LogP contribution in [0, 0.1) is 6.92 Å². The Morgan fingerprint density at radius 2 is 2.00 bits per heavy atom. The van der Waals surface area contributed by atoms with Gasteiger partial charge in [-0.15, -0.1) is 24.0 Å². The zero-order valence-electron chi connectivity index (χ0n) is 17.2. The third-order valence-corrected chi connectivity index (χ3v) is 5.05. The van der Waals surface area contributed by atoms with Crippen LogP contribution in [0.1, 0.15) is 37.1 Å². The molecule has 1 aliphatic heterocycles. The van der Waals surface area contributed by atoms with E-state index < -0.39 is 0 Å². The second-order valence-electron chi connectivity index (χ2n) is 7.04. The lowest BCUT2D eigenvalue weighted by Crippen LogP contribution is -2.37. The first-order valence-electron chi connectivity index (χ1n) is 9.99. The van der Waals surface area contributed by atoms with Crippen molar-refractivity contribution in [2.45, 2.75) is 45.7 Å². The molecule has 1 aliphatic rings. The summed E-state index contributed by atoms with van der Waals surface area (Å²) in [5, 5.41) is 6.70. The molecule has 8 heteroatoms. The first kappa shape index (κ1) is 23.2. The molecule has 1 fully saturated rings. The molecule has 0 bridgehead atoms. The fourth-order valence-electron chi connectivity index (χ4n) is 3.38. The van der Waals surface area contributed by atoms with Crippen LogP contribution < -0.4 is 15.5 Å². The summed E-state index contributed by atoms with van der Waals surface area (Å²) >= 11 is 0. The molecule has 0 aliphatic carbocycles. The monoisotopic (exact) mass is 510 g/mol. The van der Waals surface area contributed by atoms with E-state index in [1.54, 1.807) is 7.05 Å². The molecule has 1 aromatic heterocycles. The summed E-state index contributed by atoms with van der Waals surface area (Å²) < 4.78 is 2.17. The lowest BCUT2D eigenvalue weighted by molar-refractivity contribution is -0.117. The predicted molar refractivity (Wildman–Crippen MR) is 128 cm³/mol. The number of hydrogen-bond donors (Lipinski definition) is 2. The van der Waals surface area contributed by atoms with Crippen LogP contribution in [0.3, 0.4) is 0 Å². The van der Waals surface area contributed by atoms with Gasteiger partial charge in [0.2, 0.25) is 5.91 Å². The first-order valence-corrected chi connectivity index (χ1v) is 9.99. The Bertz CT molecular complexity index is 802. The van der Waals surface area contributed by atoms with Gasteiger partial charge in [0, 0.05) is 57.7 Å². The third-order valence-electron chi connectivity index (χ3n) is 5.05. The van der Waals surface area contributed by atoms with Gasteiger partial charge >= 0.3 is 0 Å². The van der Waals surface area contributed by atoms with E-state index >= 15 is 0 Å². The van der Waals surface area contributed by atoms with Crippen LogP contribution in [0.2, 0.25) is 0 Å². The first-order chi connectivity index (χ1) is 13.7. The summed E-state index contributed by atoms with van der Waals surface area (Å²) in [5.41, 5.74) is 2.15. The molecule has 0 radical (unpaired) electrons. The maximum Gasteiger partial charge on any atom is 0.227 e. The quantitative estimate of drug-likeness (QED) is 0.248. The number of carbonyl (C=O) groups excluding carboxylic acids is 1. The Hall–Kier alpha value is -2.10. The van der Waals surface area contributed by atoms with Gasteiger partial charge < -0.3 is 20.1 Å². The minimum Gasteiger partial charge on any atom is -0.356 e. The van der Waals surface area contributed by atoms with Crippen molar-refractivity contribution >= 4 is 41.5 Å². The number of nitrogens with zero attached hydrogens (tertiary/aromatic N) is 4. The molecule has 0 spiro atoms. The van der Waals surface area contributed by atoms with Crippen molar-refractivity contribution in [1.29, 1.82) is 0 Å². The largest absolute Gasteiger partial charge is 0.356 e. The topological polar surface area (TPSA) is 74.6 Å².